The summed E-state index contributed by atoms with van der Waals surface area (Å²) in [6.45, 7) is 5.50. The van der Waals surface area contributed by atoms with Gasteiger partial charge in [0.25, 0.3) is 0 Å². The molecule has 4 heterocycles. The van der Waals surface area contributed by atoms with Crippen LogP contribution in [0.2, 0.25) is 0 Å². The fourth-order valence-electron chi connectivity index (χ4n) is 4.29. The van der Waals surface area contributed by atoms with Gasteiger partial charge in [-0.25, -0.2) is 9.97 Å². The van der Waals surface area contributed by atoms with Crippen molar-refractivity contribution in [2.24, 2.45) is 0 Å². The molecule has 7 heteroatoms. The SMILES string of the molecule is Cc1cn(C2CCCC2)c2nc(Nc3ccc(N4CCOCC4)cn3)ncc12. The maximum atomic E-state index is 5.41. The molecule has 2 fully saturated rings. The summed E-state index contributed by atoms with van der Waals surface area (Å²) in [5.41, 5.74) is 3.38. The Bertz CT molecular complexity index is 955. The number of aromatic nitrogens is 4. The van der Waals surface area contributed by atoms with E-state index in [0.717, 1.165) is 48.8 Å². The van der Waals surface area contributed by atoms with Crippen molar-refractivity contribution in [3.63, 3.8) is 0 Å². The fourth-order valence-corrected chi connectivity index (χ4v) is 4.29. The average molecular weight is 378 g/mol. The highest BCUT2D eigenvalue weighted by Crippen LogP contribution is 2.33. The molecule has 1 aliphatic heterocycles. The highest BCUT2D eigenvalue weighted by Gasteiger charge is 2.20. The van der Waals surface area contributed by atoms with Gasteiger partial charge in [-0.05, 0) is 37.5 Å². The number of hydrogen-bond acceptors (Lipinski definition) is 6. The fraction of sp³-hybridized carbons (Fsp3) is 0.476. The second kappa shape index (κ2) is 7.39. The number of nitrogens with zero attached hydrogens (tertiary/aromatic N) is 5. The molecule has 3 aromatic heterocycles. The Labute approximate surface area is 164 Å². The lowest BCUT2D eigenvalue weighted by molar-refractivity contribution is 0.122. The quantitative estimate of drug-likeness (QED) is 0.744. The molecule has 1 saturated heterocycles. The number of fused-ring (bicyclic) bond motifs is 1. The van der Waals surface area contributed by atoms with Crippen LogP contribution in [0.3, 0.4) is 0 Å². The second-order valence-electron chi connectivity index (χ2n) is 7.71. The molecule has 0 radical (unpaired) electrons. The first-order chi connectivity index (χ1) is 13.8. The van der Waals surface area contributed by atoms with Crippen LogP contribution >= 0.6 is 0 Å². The van der Waals surface area contributed by atoms with Crippen LogP contribution in [0.15, 0.2) is 30.7 Å². The van der Waals surface area contributed by atoms with Crippen molar-refractivity contribution in [2.75, 3.05) is 36.5 Å². The lowest BCUT2D eigenvalue weighted by Crippen LogP contribution is -2.36. The Hall–Kier alpha value is -2.67. The Morgan fingerprint density at radius 2 is 1.89 bits per heavy atom. The second-order valence-corrected chi connectivity index (χ2v) is 7.71. The number of anilines is 3. The van der Waals surface area contributed by atoms with Crippen LogP contribution in [0.5, 0.6) is 0 Å². The molecule has 5 rings (SSSR count). The van der Waals surface area contributed by atoms with Gasteiger partial charge in [-0.15, -0.1) is 0 Å². The summed E-state index contributed by atoms with van der Waals surface area (Å²) in [5, 5.41) is 4.40. The molecular formula is C21H26N6O. The van der Waals surface area contributed by atoms with Gasteiger partial charge in [0.05, 0.1) is 25.1 Å². The average Bonchev–Trinajstić information content (AvgIpc) is 3.37. The summed E-state index contributed by atoms with van der Waals surface area (Å²) >= 11 is 0. The third-order valence-electron chi connectivity index (χ3n) is 5.85. The zero-order valence-corrected chi connectivity index (χ0v) is 16.3. The van der Waals surface area contributed by atoms with E-state index in [1.807, 2.05) is 18.5 Å². The smallest absolute Gasteiger partial charge is 0.230 e. The van der Waals surface area contributed by atoms with Crippen LogP contribution < -0.4 is 10.2 Å². The van der Waals surface area contributed by atoms with E-state index in [-0.39, 0.29) is 0 Å². The Morgan fingerprint density at radius 1 is 1.07 bits per heavy atom. The highest BCUT2D eigenvalue weighted by molar-refractivity contribution is 5.80. The number of nitrogens with one attached hydrogen (secondary N) is 1. The minimum absolute atomic E-state index is 0.560. The summed E-state index contributed by atoms with van der Waals surface area (Å²) in [4.78, 5) is 16.2. The topological polar surface area (TPSA) is 68.1 Å². The summed E-state index contributed by atoms with van der Waals surface area (Å²) in [6.07, 6.45) is 11.1. The van der Waals surface area contributed by atoms with Crippen molar-refractivity contribution in [3.05, 3.63) is 36.3 Å². The van der Waals surface area contributed by atoms with Gasteiger partial charge < -0.3 is 19.5 Å². The molecule has 0 spiro atoms. The molecule has 3 aromatic rings. The largest absolute Gasteiger partial charge is 0.378 e. The lowest BCUT2D eigenvalue weighted by atomic mass is 10.2. The van der Waals surface area contributed by atoms with Gasteiger partial charge in [-0.2, -0.15) is 4.98 Å². The Morgan fingerprint density at radius 3 is 2.64 bits per heavy atom. The van der Waals surface area contributed by atoms with Crippen LogP contribution in [0.25, 0.3) is 11.0 Å². The maximum Gasteiger partial charge on any atom is 0.230 e. The zero-order valence-electron chi connectivity index (χ0n) is 16.3. The van der Waals surface area contributed by atoms with E-state index in [1.165, 1.54) is 31.2 Å². The van der Waals surface area contributed by atoms with E-state index in [2.05, 4.69) is 43.9 Å². The molecule has 28 heavy (non-hydrogen) atoms. The molecule has 0 atom stereocenters. The standard InChI is InChI=1S/C21H26N6O/c1-15-14-27(16-4-2-3-5-16)20-18(15)13-23-21(25-20)24-19-7-6-17(12-22-19)26-8-10-28-11-9-26/h6-7,12-14,16H,2-5,8-11H2,1H3,(H,22,23,24,25). The summed E-state index contributed by atoms with van der Waals surface area (Å²) < 4.78 is 7.76. The number of hydrogen-bond donors (Lipinski definition) is 1. The number of rotatable bonds is 4. The van der Waals surface area contributed by atoms with Crippen LogP contribution in [0.4, 0.5) is 17.5 Å². The van der Waals surface area contributed by atoms with E-state index in [0.29, 0.717) is 12.0 Å². The number of aryl methyl sites for hydroxylation is 1. The van der Waals surface area contributed by atoms with Crippen LogP contribution in [0, 0.1) is 6.92 Å². The van der Waals surface area contributed by atoms with Gasteiger partial charge in [0.2, 0.25) is 5.95 Å². The number of pyridine rings is 1. The normalized spacial score (nSPS) is 18.1. The molecule has 1 saturated carbocycles. The lowest BCUT2D eigenvalue weighted by Gasteiger charge is -2.28. The molecular weight excluding hydrogens is 352 g/mol. The van der Waals surface area contributed by atoms with E-state index in [9.17, 15) is 0 Å². The van der Waals surface area contributed by atoms with Crippen molar-refractivity contribution in [1.82, 2.24) is 19.5 Å². The Kier molecular flexibility index (Phi) is 4.60. The van der Waals surface area contributed by atoms with Gasteiger partial charge in [0.15, 0.2) is 0 Å². The third kappa shape index (κ3) is 3.30. The van der Waals surface area contributed by atoms with E-state index in [1.54, 1.807) is 0 Å². The van der Waals surface area contributed by atoms with Gasteiger partial charge in [-0.1, -0.05) is 12.8 Å². The summed E-state index contributed by atoms with van der Waals surface area (Å²) in [6, 6.07) is 4.63. The van der Waals surface area contributed by atoms with Crippen LogP contribution in [-0.2, 0) is 4.74 Å². The van der Waals surface area contributed by atoms with E-state index in [4.69, 9.17) is 9.72 Å². The minimum atomic E-state index is 0.560. The van der Waals surface area contributed by atoms with Gasteiger partial charge in [0.1, 0.15) is 11.5 Å². The molecule has 0 bridgehead atoms. The first-order valence-electron chi connectivity index (χ1n) is 10.2. The Balaban J connectivity index is 1.38. The first kappa shape index (κ1) is 17.4. The van der Waals surface area contributed by atoms with E-state index >= 15 is 0 Å². The molecule has 2 aliphatic rings. The van der Waals surface area contributed by atoms with Crippen molar-refractivity contribution in [2.45, 2.75) is 38.6 Å². The zero-order chi connectivity index (χ0) is 18.9. The van der Waals surface area contributed by atoms with Crippen molar-refractivity contribution in [1.29, 1.82) is 0 Å². The number of morpholine rings is 1. The molecule has 0 aromatic carbocycles. The predicted octanol–water partition coefficient (Wildman–Crippen LogP) is 3.83. The first-order valence-corrected chi connectivity index (χ1v) is 10.2. The molecule has 1 aliphatic carbocycles. The third-order valence-corrected chi connectivity index (χ3v) is 5.85. The maximum absolute atomic E-state index is 5.41. The summed E-state index contributed by atoms with van der Waals surface area (Å²) in [5.74, 6) is 1.35. The molecule has 0 amide bonds. The van der Waals surface area contributed by atoms with Gasteiger partial charge in [0, 0.05) is 36.9 Å². The monoisotopic (exact) mass is 378 g/mol. The molecule has 1 N–H and O–H groups in total. The van der Waals surface area contributed by atoms with Crippen molar-refractivity contribution in [3.8, 4) is 0 Å². The van der Waals surface area contributed by atoms with Crippen molar-refractivity contribution < 1.29 is 4.74 Å². The van der Waals surface area contributed by atoms with Crippen LogP contribution in [0.1, 0.15) is 37.3 Å². The predicted molar refractivity (Wildman–Crippen MR) is 110 cm³/mol. The molecule has 146 valence electrons. The van der Waals surface area contributed by atoms with Gasteiger partial charge in [-0.3, -0.25) is 0 Å². The highest BCUT2D eigenvalue weighted by atomic mass is 16.5. The minimum Gasteiger partial charge on any atom is -0.378 e. The van der Waals surface area contributed by atoms with Crippen LogP contribution in [-0.4, -0.2) is 45.8 Å². The molecule has 7 nitrogen and oxygen atoms in total. The number of ether oxygens (including phenoxy) is 1. The molecule has 0 unspecified atom stereocenters. The van der Waals surface area contributed by atoms with Crippen molar-refractivity contribution >= 4 is 28.5 Å². The van der Waals surface area contributed by atoms with E-state index < -0.39 is 0 Å². The van der Waals surface area contributed by atoms with Gasteiger partial charge >= 0.3 is 0 Å². The summed E-state index contributed by atoms with van der Waals surface area (Å²) in [7, 11) is 0.